The highest BCUT2D eigenvalue weighted by molar-refractivity contribution is 7.11. The minimum atomic E-state index is -0.179. The Morgan fingerprint density at radius 2 is 2.41 bits per heavy atom. The van der Waals surface area contributed by atoms with Crippen LogP contribution in [0.4, 0.5) is 4.79 Å². The number of nitrogens with zero attached hydrogens (tertiary/aromatic N) is 1. The summed E-state index contributed by atoms with van der Waals surface area (Å²) in [5, 5.41) is 6.58. The van der Waals surface area contributed by atoms with Crippen LogP contribution in [0, 0.1) is 6.92 Å². The molecule has 2 amide bonds. The quantitative estimate of drug-likeness (QED) is 0.764. The fourth-order valence-corrected chi connectivity index (χ4v) is 2.26. The number of amides is 2. The summed E-state index contributed by atoms with van der Waals surface area (Å²) >= 11 is 1.61. The lowest BCUT2D eigenvalue weighted by molar-refractivity contribution is 0.195. The molecule has 0 bridgehead atoms. The number of ether oxygens (including phenoxy) is 1. The van der Waals surface area contributed by atoms with E-state index in [0.29, 0.717) is 13.2 Å². The van der Waals surface area contributed by atoms with E-state index in [2.05, 4.69) is 15.6 Å². The van der Waals surface area contributed by atoms with Gasteiger partial charge in [-0.2, -0.15) is 0 Å². The minimum absolute atomic E-state index is 0.0174. The van der Waals surface area contributed by atoms with Crippen LogP contribution in [-0.4, -0.2) is 31.3 Å². The number of carbonyl (C=O) groups is 1. The molecule has 0 aliphatic rings. The molecule has 1 heterocycles. The van der Waals surface area contributed by atoms with Gasteiger partial charge in [-0.25, -0.2) is 9.78 Å². The lowest BCUT2D eigenvalue weighted by Crippen LogP contribution is -2.39. The second kappa shape index (κ2) is 7.24. The Hall–Kier alpha value is -1.14. The predicted molar refractivity (Wildman–Crippen MR) is 68.3 cm³/mol. The van der Waals surface area contributed by atoms with Crippen molar-refractivity contribution in [2.45, 2.75) is 26.3 Å². The zero-order chi connectivity index (χ0) is 12.7. The number of aryl methyl sites for hydroxylation is 1. The number of hydrogen-bond acceptors (Lipinski definition) is 4. The van der Waals surface area contributed by atoms with Crippen molar-refractivity contribution in [2.75, 3.05) is 20.3 Å². The first kappa shape index (κ1) is 13.9. The first-order valence-electron chi connectivity index (χ1n) is 5.63. The van der Waals surface area contributed by atoms with Gasteiger partial charge in [0.2, 0.25) is 0 Å². The van der Waals surface area contributed by atoms with Gasteiger partial charge in [-0.1, -0.05) is 6.92 Å². The first-order valence-corrected chi connectivity index (χ1v) is 6.44. The number of methoxy groups -OCH3 is 1. The predicted octanol–water partition coefficient (Wildman–Crippen LogP) is 1.85. The maximum atomic E-state index is 11.6. The summed E-state index contributed by atoms with van der Waals surface area (Å²) in [6.45, 7) is 5.06. The van der Waals surface area contributed by atoms with Gasteiger partial charge in [0.1, 0.15) is 5.01 Å². The highest BCUT2D eigenvalue weighted by Gasteiger charge is 2.15. The molecule has 5 nitrogen and oxygen atoms in total. The lowest BCUT2D eigenvalue weighted by atomic mass is 10.2. The van der Waals surface area contributed by atoms with Gasteiger partial charge in [-0.05, 0) is 13.3 Å². The van der Waals surface area contributed by atoms with Crippen LogP contribution in [0.15, 0.2) is 6.20 Å². The molecule has 1 atom stereocenters. The minimum Gasteiger partial charge on any atom is -0.383 e. The Morgan fingerprint density at radius 1 is 1.65 bits per heavy atom. The molecule has 1 aromatic heterocycles. The Labute approximate surface area is 106 Å². The zero-order valence-corrected chi connectivity index (χ0v) is 11.3. The third kappa shape index (κ3) is 4.70. The monoisotopic (exact) mass is 257 g/mol. The molecular formula is C11H19N3O2S. The van der Waals surface area contributed by atoms with Crippen molar-refractivity contribution in [3.05, 3.63) is 16.1 Å². The van der Waals surface area contributed by atoms with Crippen LogP contribution in [0.2, 0.25) is 0 Å². The third-order valence-corrected chi connectivity index (χ3v) is 3.27. The Balaban J connectivity index is 2.44. The van der Waals surface area contributed by atoms with Crippen molar-refractivity contribution in [1.29, 1.82) is 0 Å². The van der Waals surface area contributed by atoms with Crippen LogP contribution in [0.3, 0.4) is 0 Å². The molecular weight excluding hydrogens is 238 g/mol. The number of carbonyl (C=O) groups excluding carboxylic acids is 1. The molecule has 0 fully saturated rings. The molecule has 0 radical (unpaired) electrons. The highest BCUT2D eigenvalue weighted by Crippen LogP contribution is 2.21. The molecule has 96 valence electrons. The van der Waals surface area contributed by atoms with Crippen molar-refractivity contribution in [3.63, 3.8) is 0 Å². The Bertz CT molecular complexity index is 354. The molecule has 2 N–H and O–H groups in total. The molecule has 0 aromatic carbocycles. The van der Waals surface area contributed by atoms with Crippen LogP contribution in [0.25, 0.3) is 0 Å². The Morgan fingerprint density at radius 3 is 2.94 bits per heavy atom. The SMILES string of the molecule is CC[C@@H](NC(=O)NCCOC)c1ncc(C)s1. The normalized spacial score (nSPS) is 12.2. The van der Waals surface area contributed by atoms with Crippen molar-refractivity contribution in [2.24, 2.45) is 0 Å². The van der Waals surface area contributed by atoms with E-state index in [9.17, 15) is 4.79 Å². The summed E-state index contributed by atoms with van der Waals surface area (Å²) in [6, 6.07) is -0.196. The number of hydrogen-bond donors (Lipinski definition) is 2. The van der Waals surface area contributed by atoms with Gasteiger partial charge in [-0.3, -0.25) is 0 Å². The number of aromatic nitrogens is 1. The van der Waals surface area contributed by atoms with Crippen molar-refractivity contribution in [3.8, 4) is 0 Å². The lowest BCUT2D eigenvalue weighted by Gasteiger charge is -2.14. The number of thiazole rings is 1. The summed E-state index contributed by atoms with van der Waals surface area (Å²) in [4.78, 5) is 17.0. The molecule has 0 aliphatic carbocycles. The van der Waals surface area contributed by atoms with Gasteiger partial charge in [0.15, 0.2) is 0 Å². The number of urea groups is 1. The van der Waals surface area contributed by atoms with Gasteiger partial charge in [-0.15, -0.1) is 11.3 Å². The van der Waals surface area contributed by atoms with Crippen LogP contribution < -0.4 is 10.6 Å². The van der Waals surface area contributed by atoms with Gasteiger partial charge < -0.3 is 15.4 Å². The second-order valence-electron chi connectivity index (χ2n) is 3.66. The molecule has 0 saturated carbocycles. The average Bonchev–Trinajstić information content (AvgIpc) is 2.73. The molecule has 0 spiro atoms. The zero-order valence-electron chi connectivity index (χ0n) is 10.4. The average molecular weight is 257 g/mol. The van der Waals surface area contributed by atoms with Crippen LogP contribution in [0.5, 0.6) is 0 Å². The van der Waals surface area contributed by atoms with E-state index in [1.165, 1.54) is 0 Å². The molecule has 1 rings (SSSR count). The van der Waals surface area contributed by atoms with Gasteiger partial charge in [0, 0.05) is 24.7 Å². The maximum absolute atomic E-state index is 11.6. The van der Waals surface area contributed by atoms with Gasteiger partial charge >= 0.3 is 6.03 Å². The van der Waals surface area contributed by atoms with Crippen molar-refractivity contribution >= 4 is 17.4 Å². The topological polar surface area (TPSA) is 63.2 Å². The van der Waals surface area contributed by atoms with Crippen LogP contribution >= 0.6 is 11.3 Å². The summed E-state index contributed by atoms with van der Waals surface area (Å²) in [7, 11) is 1.60. The van der Waals surface area contributed by atoms with Gasteiger partial charge in [0.05, 0.1) is 12.6 Å². The second-order valence-corrected chi connectivity index (χ2v) is 4.93. The van der Waals surface area contributed by atoms with Crippen molar-refractivity contribution < 1.29 is 9.53 Å². The molecule has 0 unspecified atom stereocenters. The van der Waals surface area contributed by atoms with E-state index < -0.39 is 0 Å². The molecule has 17 heavy (non-hydrogen) atoms. The van der Waals surface area contributed by atoms with Crippen LogP contribution in [-0.2, 0) is 4.74 Å². The molecule has 0 saturated heterocycles. The highest BCUT2D eigenvalue weighted by atomic mass is 32.1. The molecule has 1 aromatic rings. The first-order chi connectivity index (χ1) is 8.17. The van der Waals surface area contributed by atoms with E-state index >= 15 is 0 Å². The van der Waals surface area contributed by atoms with Crippen molar-refractivity contribution in [1.82, 2.24) is 15.6 Å². The van der Waals surface area contributed by atoms with E-state index in [1.807, 2.05) is 20.0 Å². The fraction of sp³-hybridized carbons (Fsp3) is 0.636. The van der Waals surface area contributed by atoms with E-state index in [0.717, 1.165) is 16.3 Å². The smallest absolute Gasteiger partial charge is 0.315 e. The third-order valence-electron chi connectivity index (χ3n) is 2.24. The molecule has 6 heteroatoms. The van der Waals surface area contributed by atoms with E-state index in [1.54, 1.807) is 18.4 Å². The van der Waals surface area contributed by atoms with E-state index in [4.69, 9.17) is 4.74 Å². The summed E-state index contributed by atoms with van der Waals surface area (Å²) in [5.41, 5.74) is 0. The number of nitrogens with one attached hydrogen (secondary N) is 2. The maximum Gasteiger partial charge on any atom is 0.315 e. The number of rotatable bonds is 6. The summed E-state index contributed by atoms with van der Waals surface area (Å²) in [5.74, 6) is 0. The fourth-order valence-electron chi connectivity index (χ4n) is 1.35. The summed E-state index contributed by atoms with van der Waals surface area (Å²) < 4.78 is 4.86. The van der Waals surface area contributed by atoms with Gasteiger partial charge in [0.25, 0.3) is 0 Å². The standard InChI is InChI=1S/C11H19N3O2S/c1-4-9(10-13-7-8(2)17-10)14-11(15)12-5-6-16-3/h7,9H,4-6H2,1-3H3,(H2,12,14,15)/t9-/m1/s1. The van der Waals surface area contributed by atoms with E-state index in [-0.39, 0.29) is 12.1 Å². The largest absolute Gasteiger partial charge is 0.383 e. The summed E-state index contributed by atoms with van der Waals surface area (Å²) in [6.07, 6.45) is 2.65. The van der Waals surface area contributed by atoms with Crippen LogP contribution in [0.1, 0.15) is 29.3 Å². The molecule has 0 aliphatic heterocycles. The Kier molecular flexibility index (Phi) is 5.93.